The molecule has 0 saturated carbocycles. The molecule has 24 heavy (non-hydrogen) atoms. The van der Waals surface area contributed by atoms with Gasteiger partial charge in [-0.1, -0.05) is 18.2 Å². The van der Waals surface area contributed by atoms with Crippen molar-refractivity contribution in [3.8, 4) is 0 Å². The van der Waals surface area contributed by atoms with Gasteiger partial charge < -0.3 is 4.70 Å². The van der Waals surface area contributed by atoms with Gasteiger partial charge in [-0.25, -0.2) is 0 Å². The second-order valence-corrected chi connectivity index (χ2v) is 7.58. The molecule has 0 N–H and O–H groups in total. The zero-order valence-electron chi connectivity index (χ0n) is 14.7. The molecule has 0 nitrogen and oxygen atoms in total. The first-order valence-electron chi connectivity index (χ1n) is 7.55. The van der Waals surface area contributed by atoms with Crippen molar-refractivity contribution in [1.29, 1.82) is 0 Å². The Balaban J connectivity index is 0.000000954. The van der Waals surface area contributed by atoms with Crippen LogP contribution in [0.15, 0.2) is 46.2 Å². The summed E-state index contributed by atoms with van der Waals surface area (Å²) in [6.45, 7) is 11.3. The number of aryl methyl sites for hydroxylation is 1. The molecule has 2 aromatic rings. The summed E-state index contributed by atoms with van der Waals surface area (Å²) < 4.78 is 29.0. The van der Waals surface area contributed by atoms with Crippen LogP contribution in [0.25, 0.3) is 0 Å². The molecule has 6 heteroatoms. The summed E-state index contributed by atoms with van der Waals surface area (Å²) in [6.07, 6.45) is 0. The maximum Gasteiger partial charge on any atom is 0.762 e. The summed E-state index contributed by atoms with van der Waals surface area (Å²) in [5, 5.41) is 0. The largest absolute Gasteiger partial charge is 1.00 e. The topological polar surface area (TPSA) is 0 Å². The summed E-state index contributed by atoms with van der Waals surface area (Å²) in [4.78, 5) is 2.98. The third-order valence-electron chi connectivity index (χ3n) is 4.02. The number of benzene rings is 2. The molecule has 0 bridgehead atoms. The zero-order valence-corrected chi connectivity index (χ0v) is 15.5. The lowest BCUT2D eigenvalue weighted by molar-refractivity contribution is -0.00000779. The minimum Gasteiger partial charge on any atom is -1.00 e. The highest BCUT2D eigenvalue weighted by Gasteiger charge is 2.26. The molecule has 0 aliphatic carbocycles. The fraction of sp³-hybridized carbons (Fsp3) is 0.333. The van der Waals surface area contributed by atoms with Gasteiger partial charge in [0.2, 0.25) is 0 Å². The lowest BCUT2D eigenvalue weighted by atomic mass is 10.00. The smallest absolute Gasteiger partial charge is 0.762 e. The lowest BCUT2D eigenvalue weighted by Crippen LogP contribution is -3.00. The molecule has 0 aromatic heterocycles. The van der Waals surface area contributed by atoms with E-state index in [-0.39, 0.29) is 15.6 Å². The molecule has 0 aliphatic rings. The van der Waals surface area contributed by atoms with Crippen molar-refractivity contribution >= 4 is 18.4 Å². The molecule has 132 valence electrons. The Morgan fingerprint density at radius 3 is 1.83 bits per heavy atom. The molecule has 1 atom stereocenters. The molecule has 0 radical (unpaired) electrons. The van der Waals surface area contributed by atoms with Crippen LogP contribution in [-0.4, -0.2) is 13.3 Å². The van der Waals surface area contributed by atoms with Crippen LogP contribution >= 0.6 is 0 Å². The van der Waals surface area contributed by atoms with Crippen LogP contribution in [0.4, 0.5) is 12.9 Å². The summed E-state index contributed by atoms with van der Waals surface area (Å²) in [7, 11) is -3.47. The van der Waals surface area contributed by atoms with E-state index in [9.17, 15) is 12.9 Å². The van der Waals surface area contributed by atoms with Crippen LogP contribution in [-0.2, 0) is 10.9 Å². The molecule has 2 rings (SSSR count). The van der Waals surface area contributed by atoms with Gasteiger partial charge in [0, 0.05) is 5.56 Å². The average Bonchev–Trinajstić information content (AvgIpc) is 2.51. The highest BCUT2D eigenvalue weighted by Crippen LogP contribution is 2.30. The van der Waals surface area contributed by atoms with Crippen molar-refractivity contribution < 1.29 is 17.7 Å². The summed E-state index contributed by atoms with van der Waals surface area (Å²) in [5.41, 5.74) is 5.78. The number of halogens is 4. The Morgan fingerprint density at radius 2 is 1.38 bits per heavy atom. The SMILES string of the molecule is CC[S+](c1ccccc1)c1cc(C)c(C)c(C)c1C.FB(F)F.[F-]. The molecule has 0 amide bonds. The van der Waals surface area contributed by atoms with Crippen LogP contribution in [0.1, 0.15) is 29.2 Å². The van der Waals surface area contributed by atoms with E-state index >= 15 is 0 Å². The van der Waals surface area contributed by atoms with E-state index < -0.39 is 7.54 Å². The van der Waals surface area contributed by atoms with Crippen molar-refractivity contribution in [3.63, 3.8) is 0 Å². The van der Waals surface area contributed by atoms with Gasteiger partial charge in [0.1, 0.15) is 5.75 Å². The Hall–Kier alpha value is -1.43. The predicted octanol–water partition coefficient (Wildman–Crippen LogP) is 2.86. The van der Waals surface area contributed by atoms with Crippen LogP contribution in [0.3, 0.4) is 0 Å². The van der Waals surface area contributed by atoms with Gasteiger partial charge in [0.05, 0.1) is 10.9 Å². The minimum atomic E-state index is -3.67. The second kappa shape index (κ2) is 10.4. The monoisotopic (exact) mass is 358 g/mol. The van der Waals surface area contributed by atoms with E-state index in [1.54, 1.807) is 0 Å². The Bertz CT molecular complexity index is 630. The first kappa shape index (κ1) is 22.6. The molecular weight excluding hydrogens is 335 g/mol. The maximum absolute atomic E-state index is 9.67. The molecule has 0 saturated heterocycles. The quantitative estimate of drug-likeness (QED) is 0.450. The van der Waals surface area contributed by atoms with Crippen molar-refractivity contribution in [3.05, 3.63) is 58.7 Å². The molecule has 0 fully saturated rings. The standard InChI is InChI=1S/C18H23S.BF3.FH/c1-6-19(17-10-8-7-9-11-17)18-12-13(2)14(3)15(4)16(18)5;2-1(3)4;/h7-12H,6H2,1-5H3;;1H/q+1;;/p-1. The van der Waals surface area contributed by atoms with Gasteiger partial charge in [-0.05, 0) is 69.5 Å². The Kier molecular flexibility index (Phi) is 9.82. The number of hydrogen-bond donors (Lipinski definition) is 0. The highest BCUT2D eigenvalue weighted by atomic mass is 32.2. The lowest BCUT2D eigenvalue weighted by Gasteiger charge is -2.14. The highest BCUT2D eigenvalue weighted by molar-refractivity contribution is 7.97. The van der Waals surface area contributed by atoms with E-state index in [1.807, 2.05) is 0 Å². The molecule has 0 spiro atoms. The molecule has 2 aromatic carbocycles. The van der Waals surface area contributed by atoms with E-state index in [4.69, 9.17) is 0 Å². The number of rotatable bonds is 3. The Morgan fingerprint density at radius 1 is 0.875 bits per heavy atom. The molecule has 0 heterocycles. The molecule has 0 aliphatic heterocycles. The second-order valence-electron chi connectivity index (χ2n) is 5.31. The first-order valence-corrected chi connectivity index (χ1v) is 8.94. The van der Waals surface area contributed by atoms with Gasteiger partial charge >= 0.3 is 7.54 Å². The van der Waals surface area contributed by atoms with Crippen LogP contribution in [0.5, 0.6) is 0 Å². The Labute approximate surface area is 145 Å². The minimum absolute atomic E-state index is 0. The maximum atomic E-state index is 9.67. The van der Waals surface area contributed by atoms with Crippen molar-refractivity contribution in [2.45, 2.75) is 44.4 Å². The van der Waals surface area contributed by atoms with Gasteiger partial charge in [0.15, 0.2) is 9.79 Å². The summed E-state index contributed by atoms with van der Waals surface area (Å²) >= 11 is 0. The van der Waals surface area contributed by atoms with Crippen molar-refractivity contribution in [2.24, 2.45) is 0 Å². The fourth-order valence-electron chi connectivity index (χ4n) is 2.46. The van der Waals surface area contributed by atoms with Gasteiger partial charge in [-0.15, -0.1) is 0 Å². The summed E-state index contributed by atoms with van der Waals surface area (Å²) in [5.74, 6) is 1.17. The zero-order chi connectivity index (χ0) is 17.6. The van der Waals surface area contributed by atoms with Gasteiger partial charge in [-0.3, -0.25) is 12.9 Å². The van der Waals surface area contributed by atoms with E-state index in [1.165, 1.54) is 37.8 Å². The van der Waals surface area contributed by atoms with E-state index in [2.05, 4.69) is 71.0 Å². The normalized spacial score (nSPS) is 11.0. The third kappa shape index (κ3) is 5.89. The van der Waals surface area contributed by atoms with Crippen LogP contribution in [0, 0.1) is 27.7 Å². The number of hydrogen-bond acceptors (Lipinski definition) is 0. The van der Waals surface area contributed by atoms with E-state index in [0.29, 0.717) is 0 Å². The van der Waals surface area contributed by atoms with Gasteiger partial charge in [0.25, 0.3) is 0 Å². The predicted molar refractivity (Wildman–Crippen MR) is 95.3 cm³/mol. The third-order valence-corrected chi connectivity index (χ3v) is 6.39. The molecule has 1 unspecified atom stereocenters. The van der Waals surface area contributed by atoms with Crippen LogP contribution < -0.4 is 4.70 Å². The fourth-order valence-corrected chi connectivity index (χ4v) is 4.69. The van der Waals surface area contributed by atoms with Gasteiger partial charge in [-0.2, -0.15) is 0 Å². The van der Waals surface area contributed by atoms with Crippen LogP contribution in [0.2, 0.25) is 0 Å². The molecular formula is C18H23BF4S. The van der Waals surface area contributed by atoms with E-state index in [0.717, 1.165) is 0 Å². The van der Waals surface area contributed by atoms with Crippen molar-refractivity contribution in [2.75, 3.05) is 5.75 Å². The average molecular weight is 358 g/mol. The summed E-state index contributed by atoms with van der Waals surface area (Å²) in [6, 6.07) is 13.3. The first-order chi connectivity index (χ1) is 10.8. The van der Waals surface area contributed by atoms with Crippen molar-refractivity contribution in [1.82, 2.24) is 0 Å².